The smallest absolute Gasteiger partial charge is 0.0736 e. The molecule has 3 heteroatoms. The molecule has 0 bridgehead atoms. The Kier molecular flexibility index (Phi) is 3.56. The lowest BCUT2D eigenvalue weighted by atomic mass is 10.7. The van der Waals surface area contributed by atoms with Gasteiger partial charge >= 0.3 is 0 Å². The second-order valence-corrected chi connectivity index (χ2v) is 0.597. The molecular weight excluding hydrogens is 90.1 g/mol. The van der Waals surface area contributed by atoms with Gasteiger partial charge in [0.15, 0.2) is 0 Å². The number of rotatable bonds is 0. The lowest BCUT2D eigenvalue weighted by Crippen LogP contribution is -1.70. The average molecular weight is 93.1 g/mol. The van der Waals surface area contributed by atoms with Gasteiger partial charge in [0, 0.05) is 5.92 Å². The van der Waals surface area contributed by atoms with Crippen LogP contribution in [0.1, 0.15) is 0 Å². The molecule has 0 aliphatic carbocycles. The van der Waals surface area contributed by atoms with Gasteiger partial charge in [-0.15, -0.1) is 6.42 Å². The second-order valence-electron chi connectivity index (χ2n) is 0.597. The molecule has 0 aromatic rings. The largest absolute Gasteiger partial charge is 0.304 e. The standard InChI is InChI=1S/C4H3N3/c1-2-3-4-6-7-5/h1H,(H2,5,6). The molecule has 0 fully saturated rings. The van der Waals surface area contributed by atoms with Gasteiger partial charge in [-0.25, -0.2) is 0 Å². The van der Waals surface area contributed by atoms with Gasteiger partial charge in [0.05, 0.1) is 6.04 Å². The van der Waals surface area contributed by atoms with Gasteiger partial charge in [0.25, 0.3) is 0 Å². The fraction of sp³-hybridized carbons (Fsp3) is 0. The Morgan fingerprint density at radius 3 is 2.71 bits per heavy atom. The molecule has 0 aliphatic rings. The van der Waals surface area contributed by atoms with Crippen LogP contribution in [0, 0.1) is 24.3 Å². The topological polar surface area (TPSA) is 50.7 Å². The molecule has 0 rings (SSSR count). The van der Waals surface area contributed by atoms with Gasteiger partial charge in [-0.05, 0) is 5.92 Å². The van der Waals surface area contributed by atoms with Crippen molar-refractivity contribution in [3.63, 3.8) is 0 Å². The molecule has 0 aromatic heterocycles. The fourth-order valence-electron chi connectivity index (χ4n) is 0.0861. The van der Waals surface area contributed by atoms with Gasteiger partial charge in [-0.1, -0.05) is 10.3 Å². The molecule has 0 spiro atoms. The number of nitrogens with zero attached hydrogens (tertiary/aromatic N) is 2. The van der Waals surface area contributed by atoms with Crippen LogP contribution in [0.2, 0.25) is 0 Å². The van der Waals surface area contributed by atoms with E-state index in [0.29, 0.717) is 0 Å². The Bertz CT molecular complexity index is 152. The molecule has 34 valence electrons. The lowest BCUT2D eigenvalue weighted by molar-refractivity contribution is 1.08. The maximum Gasteiger partial charge on any atom is 0.0736 e. The highest BCUT2D eigenvalue weighted by molar-refractivity contribution is 5.20. The minimum absolute atomic E-state index is 2.03. The highest BCUT2D eigenvalue weighted by Crippen LogP contribution is 1.56. The highest BCUT2D eigenvalue weighted by atomic mass is 15.3. The van der Waals surface area contributed by atoms with Crippen LogP contribution in [-0.2, 0) is 0 Å². The molecule has 0 aliphatic heterocycles. The van der Waals surface area contributed by atoms with Gasteiger partial charge in [0.2, 0.25) is 0 Å². The van der Waals surface area contributed by atoms with Crippen molar-refractivity contribution in [3.05, 3.63) is 0 Å². The van der Waals surface area contributed by atoms with E-state index in [1.54, 1.807) is 0 Å². The van der Waals surface area contributed by atoms with E-state index in [0.717, 1.165) is 0 Å². The third-order valence-corrected chi connectivity index (χ3v) is 0.236. The van der Waals surface area contributed by atoms with Gasteiger partial charge in [0.1, 0.15) is 0 Å². The molecule has 0 saturated heterocycles. The summed E-state index contributed by atoms with van der Waals surface area (Å²) in [4.78, 5) is 0. The van der Waals surface area contributed by atoms with Crippen molar-refractivity contribution in [1.29, 1.82) is 0 Å². The van der Waals surface area contributed by atoms with Crippen molar-refractivity contribution in [2.45, 2.75) is 0 Å². The van der Waals surface area contributed by atoms with E-state index in [-0.39, 0.29) is 0 Å². The zero-order valence-corrected chi connectivity index (χ0v) is 3.55. The van der Waals surface area contributed by atoms with Gasteiger partial charge in [-0.2, -0.15) is 0 Å². The zero-order valence-electron chi connectivity index (χ0n) is 3.55. The molecule has 3 nitrogen and oxygen atoms in total. The van der Waals surface area contributed by atoms with Crippen LogP contribution in [-0.4, -0.2) is 0 Å². The van der Waals surface area contributed by atoms with Crippen LogP contribution in [0.3, 0.4) is 0 Å². The maximum atomic E-state index is 4.70. The molecule has 0 radical (unpaired) electrons. The Hall–Kier alpha value is -1.48. The van der Waals surface area contributed by atoms with E-state index in [2.05, 4.69) is 28.1 Å². The SMILES string of the molecule is C#CC#CN=NN. The van der Waals surface area contributed by atoms with Crippen molar-refractivity contribution < 1.29 is 0 Å². The van der Waals surface area contributed by atoms with Crippen LogP contribution < -0.4 is 5.84 Å². The Balaban J connectivity index is 3.52. The van der Waals surface area contributed by atoms with Crippen LogP contribution >= 0.6 is 0 Å². The van der Waals surface area contributed by atoms with E-state index in [4.69, 9.17) is 6.42 Å². The van der Waals surface area contributed by atoms with Crippen LogP contribution in [0.15, 0.2) is 10.3 Å². The second kappa shape index (κ2) is 4.52. The molecule has 2 N–H and O–H groups in total. The van der Waals surface area contributed by atoms with Gasteiger partial charge < -0.3 is 5.84 Å². The summed E-state index contributed by atoms with van der Waals surface area (Å²) >= 11 is 0. The fourth-order valence-corrected chi connectivity index (χ4v) is 0.0861. The minimum atomic E-state index is 2.03. The molecule has 0 heterocycles. The summed E-state index contributed by atoms with van der Waals surface area (Å²) in [5.41, 5.74) is 0. The molecular formula is C4H3N3. The molecule has 7 heavy (non-hydrogen) atoms. The summed E-state index contributed by atoms with van der Waals surface area (Å²) < 4.78 is 0. The van der Waals surface area contributed by atoms with Crippen LogP contribution in [0.25, 0.3) is 0 Å². The normalized spacial score (nSPS) is 6.71. The van der Waals surface area contributed by atoms with E-state index >= 15 is 0 Å². The van der Waals surface area contributed by atoms with Crippen molar-refractivity contribution in [1.82, 2.24) is 0 Å². The van der Waals surface area contributed by atoms with Crippen molar-refractivity contribution in [2.75, 3.05) is 0 Å². The summed E-state index contributed by atoms with van der Waals surface area (Å²) in [6.07, 6.45) is 4.70. The number of hydrogen-bond donors (Lipinski definition) is 1. The summed E-state index contributed by atoms with van der Waals surface area (Å²) in [6, 6.07) is 2.13. The minimum Gasteiger partial charge on any atom is -0.304 e. The van der Waals surface area contributed by atoms with Crippen molar-refractivity contribution in [2.24, 2.45) is 16.2 Å². The number of hydrogen-bond acceptors (Lipinski definition) is 2. The Morgan fingerprint density at radius 2 is 2.29 bits per heavy atom. The summed E-state index contributed by atoms with van der Waals surface area (Å²) in [7, 11) is 0. The molecule has 0 amide bonds. The van der Waals surface area contributed by atoms with E-state index in [1.165, 1.54) is 0 Å². The van der Waals surface area contributed by atoms with E-state index < -0.39 is 0 Å². The first kappa shape index (κ1) is 5.52. The third-order valence-electron chi connectivity index (χ3n) is 0.236. The lowest BCUT2D eigenvalue weighted by Gasteiger charge is -1.57. The maximum absolute atomic E-state index is 4.70. The van der Waals surface area contributed by atoms with Crippen LogP contribution in [0.4, 0.5) is 0 Å². The van der Waals surface area contributed by atoms with E-state index in [1.807, 2.05) is 5.92 Å². The summed E-state index contributed by atoms with van der Waals surface area (Å²) in [6.45, 7) is 0. The first-order valence-electron chi connectivity index (χ1n) is 1.47. The Morgan fingerprint density at radius 1 is 1.57 bits per heavy atom. The van der Waals surface area contributed by atoms with Gasteiger partial charge in [-0.3, -0.25) is 0 Å². The average Bonchev–Trinajstić information content (AvgIpc) is 1.69. The summed E-state index contributed by atoms with van der Waals surface area (Å²) in [5, 5.41) is 5.89. The molecule has 0 unspecified atom stereocenters. The van der Waals surface area contributed by atoms with Crippen molar-refractivity contribution in [3.8, 4) is 24.3 Å². The summed E-state index contributed by atoms with van der Waals surface area (Å²) in [5.74, 6) is 8.78. The number of terminal acetylenes is 1. The van der Waals surface area contributed by atoms with Crippen molar-refractivity contribution >= 4 is 0 Å². The molecule has 0 atom stereocenters. The first-order chi connectivity index (χ1) is 3.41. The molecule has 0 aromatic carbocycles. The zero-order chi connectivity index (χ0) is 5.54. The first-order valence-corrected chi connectivity index (χ1v) is 1.47. The quantitative estimate of drug-likeness (QED) is 0.193. The Labute approximate surface area is 41.6 Å². The third kappa shape index (κ3) is 4.52. The monoisotopic (exact) mass is 93.0 g/mol. The predicted molar refractivity (Wildman–Crippen MR) is 25.7 cm³/mol. The molecule has 0 saturated carbocycles. The van der Waals surface area contributed by atoms with E-state index in [9.17, 15) is 0 Å². The number of nitrogens with two attached hydrogens (primary N) is 1. The highest BCUT2D eigenvalue weighted by Gasteiger charge is 1.49. The van der Waals surface area contributed by atoms with Crippen LogP contribution in [0.5, 0.6) is 0 Å². The predicted octanol–water partition coefficient (Wildman–Crippen LogP) is -0.0936.